The average molecular weight is 412 g/mol. The van der Waals surface area contributed by atoms with Crippen molar-refractivity contribution in [2.45, 2.75) is 19.4 Å². The van der Waals surface area contributed by atoms with E-state index >= 15 is 0 Å². The molecular formula is C23H16N4O2S. The molecule has 146 valence electrons. The second-order valence-corrected chi connectivity index (χ2v) is 8.44. The van der Waals surface area contributed by atoms with Crippen molar-refractivity contribution in [3.63, 3.8) is 0 Å². The molecule has 1 aliphatic heterocycles. The maximum absolute atomic E-state index is 13.1. The summed E-state index contributed by atoms with van der Waals surface area (Å²) in [5.74, 6) is 0.522. The minimum absolute atomic E-state index is 0.0574. The molecule has 6 rings (SSSR count). The summed E-state index contributed by atoms with van der Waals surface area (Å²) >= 11 is 1.25. The lowest BCUT2D eigenvalue weighted by atomic mass is 10.00. The summed E-state index contributed by atoms with van der Waals surface area (Å²) in [7, 11) is 0. The summed E-state index contributed by atoms with van der Waals surface area (Å²) in [5, 5.41) is 5.40. The Morgan fingerprint density at radius 2 is 1.87 bits per heavy atom. The Morgan fingerprint density at radius 3 is 2.70 bits per heavy atom. The molecule has 0 radical (unpaired) electrons. The van der Waals surface area contributed by atoms with Crippen LogP contribution in [0.4, 0.5) is 0 Å². The van der Waals surface area contributed by atoms with Gasteiger partial charge in [0.05, 0.1) is 10.0 Å². The Hall–Kier alpha value is -3.58. The van der Waals surface area contributed by atoms with Crippen LogP contribution in [0.5, 0.6) is 0 Å². The zero-order valence-corrected chi connectivity index (χ0v) is 16.7. The van der Waals surface area contributed by atoms with Crippen LogP contribution in [0.15, 0.2) is 64.2 Å². The fourth-order valence-corrected chi connectivity index (χ4v) is 5.07. The fourth-order valence-electron chi connectivity index (χ4n) is 4.17. The van der Waals surface area contributed by atoms with Crippen molar-refractivity contribution in [3.05, 3.63) is 91.0 Å². The summed E-state index contributed by atoms with van der Waals surface area (Å²) < 4.78 is 3.62. The number of aryl methyl sites for hydroxylation is 2. The van der Waals surface area contributed by atoms with Gasteiger partial charge in [-0.2, -0.15) is 9.50 Å². The van der Waals surface area contributed by atoms with E-state index in [2.05, 4.69) is 16.1 Å². The molecule has 5 aromatic rings. The lowest BCUT2D eigenvalue weighted by molar-refractivity contribution is 0.615. The van der Waals surface area contributed by atoms with E-state index in [1.54, 1.807) is 6.08 Å². The zero-order chi connectivity index (χ0) is 20.2. The van der Waals surface area contributed by atoms with Gasteiger partial charge in [-0.15, -0.1) is 5.10 Å². The third kappa shape index (κ3) is 2.55. The highest BCUT2D eigenvalue weighted by Crippen LogP contribution is 2.24. The summed E-state index contributed by atoms with van der Waals surface area (Å²) in [6.07, 6.45) is 3.61. The number of pyridine rings is 1. The van der Waals surface area contributed by atoms with Crippen molar-refractivity contribution in [1.82, 2.24) is 19.2 Å². The molecule has 30 heavy (non-hydrogen) atoms. The molecule has 0 saturated carbocycles. The van der Waals surface area contributed by atoms with Crippen LogP contribution < -0.4 is 15.7 Å². The van der Waals surface area contributed by atoms with Crippen molar-refractivity contribution in [1.29, 1.82) is 0 Å². The molecule has 4 heterocycles. The van der Waals surface area contributed by atoms with Crippen molar-refractivity contribution < 1.29 is 0 Å². The molecule has 0 bridgehead atoms. The monoisotopic (exact) mass is 412 g/mol. The van der Waals surface area contributed by atoms with Gasteiger partial charge in [-0.25, -0.2) is 0 Å². The summed E-state index contributed by atoms with van der Waals surface area (Å²) in [5.41, 5.74) is 3.30. The molecule has 0 aliphatic carbocycles. The van der Waals surface area contributed by atoms with E-state index in [1.807, 2.05) is 53.1 Å². The molecule has 1 aliphatic rings. The van der Waals surface area contributed by atoms with Crippen molar-refractivity contribution in [2.24, 2.45) is 0 Å². The number of hydrogen-bond acceptors (Lipinski definition) is 5. The van der Waals surface area contributed by atoms with Crippen LogP contribution in [-0.2, 0) is 13.0 Å². The lowest BCUT2D eigenvalue weighted by Crippen LogP contribution is -2.28. The molecule has 3 aromatic heterocycles. The summed E-state index contributed by atoms with van der Waals surface area (Å²) in [4.78, 5) is 31.0. The van der Waals surface area contributed by atoms with Gasteiger partial charge in [0.15, 0.2) is 5.82 Å². The molecule has 0 fully saturated rings. The molecule has 0 atom stereocenters. The van der Waals surface area contributed by atoms with Crippen molar-refractivity contribution >= 4 is 33.3 Å². The molecule has 2 aromatic carbocycles. The van der Waals surface area contributed by atoms with Gasteiger partial charge >= 0.3 is 0 Å². The zero-order valence-electron chi connectivity index (χ0n) is 15.9. The third-order valence-electron chi connectivity index (χ3n) is 5.55. The van der Waals surface area contributed by atoms with Crippen molar-refractivity contribution in [3.8, 4) is 11.4 Å². The van der Waals surface area contributed by atoms with E-state index in [0.29, 0.717) is 27.4 Å². The first-order valence-electron chi connectivity index (χ1n) is 9.81. The van der Waals surface area contributed by atoms with E-state index < -0.39 is 0 Å². The Morgan fingerprint density at radius 1 is 1.00 bits per heavy atom. The first kappa shape index (κ1) is 17.3. The first-order valence-corrected chi connectivity index (χ1v) is 10.6. The van der Waals surface area contributed by atoms with Crippen LogP contribution in [-0.4, -0.2) is 19.2 Å². The highest BCUT2D eigenvalue weighted by molar-refractivity contribution is 7.15. The Kier molecular flexibility index (Phi) is 3.73. The fraction of sp³-hybridized carbons (Fsp3) is 0.130. The van der Waals surface area contributed by atoms with Gasteiger partial charge in [-0.05, 0) is 35.9 Å². The SMILES string of the molecule is O=c1c(/C=c2\sc3nc(-c4ccccc4)nn3c2=O)cc2cccc3c2n1CCC3. The third-order valence-corrected chi connectivity index (χ3v) is 6.51. The number of hydrogen-bond donors (Lipinski definition) is 0. The number of aromatic nitrogens is 4. The van der Waals surface area contributed by atoms with Crippen LogP contribution in [0.25, 0.3) is 33.3 Å². The van der Waals surface area contributed by atoms with E-state index in [-0.39, 0.29) is 11.1 Å². The van der Waals surface area contributed by atoms with E-state index in [4.69, 9.17) is 0 Å². The van der Waals surface area contributed by atoms with Crippen LogP contribution >= 0.6 is 11.3 Å². The number of para-hydroxylation sites is 1. The Labute approximate surface area is 174 Å². The minimum Gasteiger partial charge on any atom is -0.307 e. The Balaban J connectivity index is 1.54. The van der Waals surface area contributed by atoms with E-state index in [0.717, 1.165) is 29.3 Å². The standard InChI is InChI=1S/C23H16N4O2S/c28-21-17(12-16-9-4-8-14-10-5-11-26(21)19(14)16)13-18-22(29)27-23(30-18)24-20(25-27)15-6-2-1-3-7-15/h1-4,6-9,12-13H,5,10-11H2/b18-13-. The highest BCUT2D eigenvalue weighted by atomic mass is 32.1. The topological polar surface area (TPSA) is 69.3 Å². The number of nitrogens with zero attached hydrogens (tertiary/aromatic N) is 4. The number of fused-ring (bicyclic) bond motifs is 1. The van der Waals surface area contributed by atoms with Crippen molar-refractivity contribution in [2.75, 3.05) is 0 Å². The lowest BCUT2D eigenvalue weighted by Gasteiger charge is -2.19. The minimum atomic E-state index is -0.253. The largest absolute Gasteiger partial charge is 0.307 e. The van der Waals surface area contributed by atoms with Gasteiger partial charge in [0.1, 0.15) is 0 Å². The van der Waals surface area contributed by atoms with Crippen LogP contribution in [0.2, 0.25) is 0 Å². The van der Waals surface area contributed by atoms with Crippen LogP contribution in [0.1, 0.15) is 17.5 Å². The number of benzene rings is 2. The average Bonchev–Trinajstić information content (AvgIpc) is 3.32. The molecule has 0 N–H and O–H groups in total. The number of thiazole rings is 1. The van der Waals surface area contributed by atoms with Gasteiger partial charge in [0.2, 0.25) is 4.96 Å². The molecule has 0 saturated heterocycles. The quantitative estimate of drug-likeness (QED) is 0.447. The van der Waals surface area contributed by atoms with Gasteiger partial charge in [-0.1, -0.05) is 59.9 Å². The van der Waals surface area contributed by atoms with E-state index in [9.17, 15) is 9.59 Å². The molecule has 0 spiro atoms. The van der Waals surface area contributed by atoms with Crippen LogP contribution in [0.3, 0.4) is 0 Å². The normalized spacial score (nSPS) is 14.1. The smallest absolute Gasteiger partial charge is 0.291 e. The molecule has 0 unspecified atom stereocenters. The molecule has 6 nitrogen and oxygen atoms in total. The van der Waals surface area contributed by atoms with E-state index in [1.165, 1.54) is 21.4 Å². The maximum Gasteiger partial charge on any atom is 0.291 e. The van der Waals surface area contributed by atoms with Gasteiger partial charge in [0.25, 0.3) is 11.1 Å². The summed E-state index contributed by atoms with van der Waals surface area (Å²) in [6, 6.07) is 17.6. The predicted molar refractivity (Wildman–Crippen MR) is 118 cm³/mol. The first-order chi connectivity index (χ1) is 14.7. The maximum atomic E-state index is 13.1. The second kappa shape index (κ2) is 6.47. The van der Waals surface area contributed by atoms with Gasteiger partial charge < -0.3 is 4.57 Å². The summed E-state index contributed by atoms with van der Waals surface area (Å²) in [6.45, 7) is 0.702. The molecule has 0 amide bonds. The predicted octanol–water partition coefficient (Wildman–Crippen LogP) is 2.63. The van der Waals surface area contributed by atoms with Gasteiger partial charge in [-0.3, -0.25) is 9.59 Å². The second-order valence-electron chi connectivity index (χ2n) is 7.43. The molecule has 7 heteroatoms. The highest BCUT2D eigenvalue weighted by Gasteiger charge is 2.16. The number of rotatable bonds is 2. The molecular weight excluding hydrogens is 396 g/mol. The Bertz CT molecular complexity index is 1610. The van der Waals surface area contributed by atoms with Crippen LogP contribution in [0, 0.1) is 0 Å². The van der Waals surface area contributed by atoms with Gasteiger partial charge in [0, 0.05) is 17.7 Å².